The zero-order valence-electron chi connectivity index (χ0n) is 14.4. The molecule has 2 heterocycles. The second kappa shape index (κ2) is 7.02. The number of nitrogens with one attached hydrogen (secondary N) is 2. The van der Waals surface area contributed by atoms with Crippen molar-refractivity contribution in [2.24, 2.45) is 0 Å². The lowest BCUT2D eigenvalue weighted by Gasteiger charge is -2.12. The highest BCUT2D eigenvalue weighted by Gasteiger charge is 2.19. The number of hydrogen-bond acceptors (Lipinski definition) is 5. The van der Waals surface area contributed by atoms with Crippen LogP contribution in [0.3, 0.4) is 0 Å². The van der Waals surface area contributed by atoms with E-state index >= 15 is 0 Å². The van der Waals surface area contributed by atoms with Gasteiger partial charge in [0.25, 0.3) is 0 Å². The van der Waals surface area contributed by atoms with Gasteiger partial charge >= 0.3 is 6.03 Å². The molecule has 3 rings (SSSR count). The third kappa shape index (κ3) is 4.42. The number of urea groups is 1. The van der Waals surface area contributed by atoms with Gasteiger partial charge in [-0.25, -0.2) is 9.48 Å². The van der Waals surface area contributed by atoms with Crippen molar-refractivity contribution < 1.29 is 4.79 Å². The summed E-state index contributed by atoms with van der Waals surface area (Å²) < 4.78 is 1.78. The summed E-state index contributed by atoms with van der Waals surface area (Å²) in [5.41, 5.74) is 1.89. The van der Waals surface area contributed by atoms with Crippen molar-refractivity contribution >= 4 is 22.5 Å². The van der Waals surface area contributed by atoms with E-state index in [1.165, 1.54) is 11.3 Å². The van der Waals surface area contributed by atoms with Crippen LogP contribution in [-0.2, 0) is 12.0 Å². The van der Waals surface area contributed by atoms with Crippen molar-refractivity contribution in [3.05, 3.63) is 53.3 Å². The number of benzene rings is 1. The van der Waals surface area contributed by atoms with E-state index in [2.05, 4.69) is 46.7 Å². The van der Waals surface area contributed by atoms with E-state index in [1.54, 1.807) is 10.9 Å². The first kappa shape index (κ1) is 17.1. The summed E-state index contributed by atoms with van der Waals surface area (Å²) in [5, 5.41) is 19.2. The monoisotopic (exact) mass is 356 g/mol. The predicted molar refractivity (Wildman–Crippen MR) is 98.0 cm³/mol. The summed E-state index contributed by atoms with van der Waals surface area (Å²) in [7, 11) is 0. The molecule has 0 aliphatic carbocycles. The average molecular weight is 356 g/mol. The van der Waals surface area contributed by atoms with Gasteiger partial charge in [-0.15, -0.1) is 10.2 Å². The van der Waals surface area contributed by atoms with Crippen molar-refractivity contribution in [3.8, 4) is 5.69 Å². The van der Waals surface area contributed by atoms with E-state index < -0.39 is 0 Å². The second-order valence-corrected chi connectivity index (χ2v) is 7.56. The Labute approximate surface area is 150 Å². The molecule has 0 radical (unpaired) electrons. The molecule has 0 fully saturated rings. The fourth-order valence-electron chi connectivity index (χ4n) is 2.09. The minimum atomic E-state index is -0.298. The van der Waals surface area contributed by atoms with Gasteiger partial charge in [-0.05, 0) is 23.8 Å². The summed E-state index contributed by atoms with van der Waals surface area (Å²) in [6.45, 7) is 6.61. The fourth-order valence-corrected chi connectivity index (χ4v) is 2.88. The van der Waals surface area contributed by atoms with Crippen LogP contribution in [-0.4, -0.2) is 26.0 Å². The quantitative estimate of drug-likeness (QED) is 0.751. The van der Waals surface area contributed by atoms with E-state index in [-0.39, 0.29) is 11.4 Å². The van der Waals surface area contributed by atoms with Gasteiger partial charge in [0.05, 0.1) is 5.69 Å². The van der Waals surface area contributed by atoms with Gasteiger partial charge in [-0.1, -0.05) is 44.2 Å². The van der Waals surface area contributed by atoms with E-state index in [0.717, 1.165) is 16.3 Å². The van der Waals surface area contributed by atoms with Gasteiger partial charge in [0.15, 0.2) is 0 Å². The van der Waals surface area contributed by atoms with Gasteiger partial charge in [0.2, 0.25) is 5.13 Å². The first-order valence-corrected chi connectivity index (χ1v) is 8.71. The lowest BCUT2D eigenvalue weighted by molar-refractivity contribution is 0.251. The SMILES string of the molecule is CC(C)(C)c1nnc(NC(=O)NCc2ccc(-n3cccn3)cc2)s1. The van der Waals surface area contributed by atoms with E-state index in [0.29, 0.717) is 11.7 Å². The van der Waals surface area contributed by atoms with Gasteiger partial charge in [0, 0.05) is 24.4 Å². The van der Waals surface area contributed by atoms with Crippen LogP contribution in [0.15, 0.2) is 42.7 Å². The van der Waals surface area contributed by atoms with Crippen molar-refractivity contribution in [1.82, 2.24) is 25.3 Å². The molecule has 0 bridgehead atoms. The predicted octanol–water partition coefficient (Wildman–Crippen LogP) is 3.34. The highest BCUT2D eigenvalue weighted by molar-refractivity contribution is 7.15. The molecular weight excluding hydrogens is 336 g/mol. The third-order valence-corrected chi connectivity index (χ3v) is 4.71. The maximum atomic E-state index is 12.0. The lowest BCUT2D eigenvalue weighted by Crippen LogP contribution is -2.28. The largest absolute Gasteiger partial charge is 0.334 e. The van der Waals surface area contributed by atoms with E-state index in [1.807, 2.05) is 36.5 Å². The summed E-state index contributed by atoms with van der Waals surface area (Å²) in [6.07, 6.45) is 3.62. The van der Waals surface area contributed by atoms with Crippen LogP contribution in [0.5, 0.6) is 0 Å². The number of amides is 2. The zero-order chi connectivity index (χ0) is 17.9. The Morgan fingerprint density at radius 1 is 1.20 bits per heavy atom. The summed E-state index contributed by atoms with van der Waals surface area (Å²) in [4.78, 5) is 12.0. The smallest absolute Gasteiger partial charge is 0.321 e. The van der Waals surface area contributed by atoms with Gasteiger partial charge in [0.1, 0.15) is 5.01 Å². The number of carbonyl (C=O) groups is 1. The molecule has 2 aromatic heterocycles. The van der Waals surface area contributed by atoms with Crippen LogP contribution < -0.4 is 10.6 Å². The molecular formula is C17H20N6OS. The Morgan fingerprint density at radius 2 is 1.96 bits per heavy atom. The van der Waals surface area contributed by atoms with Crippen LogP contribution >= 0.6 is 11.3 Å². The maximum absolute atomic E-state index is 12.0. The third-order valence-electron chi connectivity index (χ3n) is 3.45. The molecule has 2 N–H and O–H groups in total. The molecule has 2 amide bonds. The van der Waals surface area contributed by atoms with Gasteiger partial charge in [-0.3, -0.25) is 5.32 Å². The molecule has 0 atom stereocenters. The molecule has 0 unspecified atom stereocenters. The topological polar surface area (TPSA) is 84.7 Å². The first-order valence-electron chi connectivity index (χ1n) is 7.89. The van der Waals surface area contributed by atoms with Crippen LogP contribution in [0.1, 0.15) is 31.3 Å². The molecule has 0 aliphatic heterocycles. The average Bonchev–Trinajstić information content (AvgIpc) is 3.24. The fraction of sp³-hybridized carbons (Fsp3) is 0.294. The number of anilines is 1. The molecule has 25 heavy (non-hydrogen) atoms. The molecule has 0 saturated carbocycles. The Morgan fingerprint density at radius 3 is 2.56 bits per heavy atom. The molecule has 3 aromatic rings. The van der Waals surface area contributed by atoms with Crippen LogP contribution in [0.2, 0.25) is 0 Å². The van der Waals surface area contributed by atoms with Crippen LogP contribution in [0.4, 0.5) is 9.93 Å². The lowest BCUT2D eigenvalue weighted by atomic mass is 9.98. The standard InChI is InChI=1S/C17H20N6OS/c1-17(2,3)14-21-22-16(25-14)20-15(24)18-11-12-5-7-13(8-6-12)23-10-4-9-19-23/h4-10H,11H2,1-3H3,(H2,18,20,22,24). The molecule has 130 valence electrons. The Bertz CT molecular complexity index is 833. The highest BCUT2D eigenvalue weighted by atomic mass is 32.1. The Kier molecular flexibility index (Phi) is 4.80. The van der Waals surface area contributed by atoms with Crippen molar-refractivity contribution in [2.45, 2.75) is 32.7 Å². The summed E-state index contributed by atoms with van der Waals surface area (Å²) in [6, 6.07) is 9.41. The number of hydrogen-bond donors (Lipinski definition) is 2. The van der Waals surface area contributed by atoms with Gasteiger partial charge in [-0.2, -0.15) is 5.10 Å². The summed E-state index contributed by atoms with van der Waals surface area (Å²) in [5.74, 6) is 0. The summed E-state index contributed by atoms with van der Waals surface area (Å²) >= 11 is 1.39. The molecule has 8 heteroatoms. The van der Waals surface area contributed by atoms with Crippen LogP contribution in [0.25, 0.3) is 5.69 Å². The molecule has 0 spiro atoms. The molecule has 0 saturated heterocycles. The second-order valence-electron chi connectivity index (χ2n) is 6.59. The minimum Gasteiger partial charge on any atom is -0.334 e. The Balaban J connectivity index is 1.53. The van der Waals surface area contributed by atoms with Crippen molar-refractivity contribution in [1.29, 1.82) is 0 Å². The Hall–Kier alpha value is -2.74. The zero-order valence-corrected chi connectivity index (χ0v) is 15.2. The van der Waals surface area contributed by atoms with Crippen molar-refractivity contribution in [2.75, 3.05) is 5.32 Å². The first-order chi connectivity index (χ1) is 11.9. The molecule has 1 aromatic carbocycles. The van der Waals surface area contributed by atoms with E-state index in [9.17, 15) is 4.79 Å². The maximum Gasteiger partial charge on any atom is 0.321 e. The number of carbonyl (C=O) groups excluding carboxylic acids is 1. The minimum absolute atomic E-state index is 0.0790. The number of rotatable bonds is 4. The molecule has 7 nitrogen and oxygen atoms in total. The normalized spacial score (nSPS) is 11.3. The van der Waals surface area contributed by atoms with Crippen LogP contribution in [0, 0.1) is 0 Å². The number of aromatic nitrogens is 4. The number of nitrogens with zero attached hydrogens (tertiary/aromatic N) is 4. The van der Waals surface area contributed by atoms with E-state index in [4.69, 9.17) is 0 Å². The molecule has 0 aliphatic rings. The van der Waals surface area contributed by atoms with Gasteiger partial charge < -0.3 is 5.32 Å². The highest BCUT2D eigenvalue weighted by Crippen LogP contribution is 2.27. The van der Waals surface area contributed by atoms with Crippen molar-refractivity contribution in [3.63, 3.8) is 0 Å².